The zero-order valence-electron chi connectivity index (χ0n) is 4.70. The molecular formula is C4H4ClNO4. The molecule has 0 aliphatic heterocycles. The molecule has 0 aliphatic rings. The van der Waals surface area contributed by atoms with Crippen LogP contribution in [0.2, 0.25) is 0 Å². The molecule has 56 valence electrons. The van der Waals surface area contributed by atoms with Crippen LogP contribution in [0.3, 0.4) is 0 Å². The van der Waals surface area contributed by atoms with Crippen molar-refractivity contribution in [1.82, 2.24) is 5.32 Å². The number of hydrogen-bond donors (Lipinski definition) is 1. The summed E-state index contributed by atoms with van der Waals surface area (Å²) in [5.74, 6) is -2.24. The van der Waals surface area contributed by atoms with Crippen molar-refractivity contribution in [3.8, 4) is 0 Å². The third-order valence-electron chi connectivity index (χ3n) is 0.460. The summed E-state index contributed by atoms with van der Waals surface area (Å²) in [5.41, 5.74) is 0. The standard InChI is InChI=1S/C4H3NO4.ClH/c6-1-3(8)5-4(9)2-7;/h1-2H,(H,5,8,9);1H. The number of rotatable bonds is 2. The van der Waals surface area contributed by atoms with Gasteiger partial charge in [-0.2, -0.15) is 0 Å². The zero-order valence-corrected chi connectivity index (χ0v) is 5.51. The quantitative estimate of drug-likeness (QED) is 0.397. The van der Waals surface area contributed by atoms with E-state index in [1.807, 2.05) is 0 Å². The zero-order chi connectivity index (χ0) is 7.28. The molecule has 0 saturated heterocycles. The summed E-state index contributed by atoms with van der Waals surface area (Å²) < 4.78 is 0. The second-order valence-corrected chi connectivity index (χ2v) is 1.09. The third-order valence-corrected chi connectivity index (χ3v) is 0.460. The SMILES string of the molecule is Cl.O=CC(=O)NC(=O)C=O. The summed E-state index contributed by atoms with van der Waals surface area (Å²) >= 11 is 0. The average molecular weight is 166 g/mol. The van der Waals surface area contributed by atoms with E-state index < -0.39 is 11.8 Å². The van der Waals surface area contributed by atoms with Gasteiger partial charge < -0.3 is 0 Å². The van der Waals surface area contributed by atoms with E-state index in [9.17, 15) is 19.2 Å². The normalized spacial score (nSPS) is 6.80. The van der Waals surface area contributed by atoms with Gasteiger partial charge >= 0.3 is 0 Å². The van der Waals surface area contributed by atoms with Gasteiger partial charge in [-0.25, -0.2) is 0 Å². The van der Waals surface area contributed by atoms with Crippen LogP contribution in [0, 0.1) is 0 Å². The van der Waals surface area contributed by atoms with Gasteiger partial charge in [-0.15, -0.1) is 12.4 Å². The molecule has 0 aromatic carbocycles. The molecule has 0 aromatic rings. The van der Waals surface area contributed by atoms with Crippen molar-refractivity contribution in [2.45, 2.75) is 0 Å². The minimum absolute atomic E-state index is 0. The van der Waals surface area contributed by atoms with Crippen LogP contribution in [0.4, 0.5) is 0 Å². The fourth-order valence-corrected chi connectivity index (χ4v) is 0.180. The number of amides is 2. The Bertz CT molecular complexity index is 149. The van der Waals surface area contributed by atoms with Gasteiger partial charge in [-0.1, -0.05) is 0 Å². The van der Waals surface area contributed by atoms with Gasteiger partial charge in [0.2, 0.25) is 12.6 Å². The molecule has 0 atom stereocenters. The Balaban J connectivity index is 0. The van der Waals surface area contributed by atoms with Crippen molar-refractivity contribution in [2.75, 3.05) is 0 Å². The maximum Gasteiger partial charge on any atom is 0.291 e. The number of imide groups is 1. The summed E-state index contributed by atoms with van der Waals surface area (Å²) in [4.78, 5) is 38.8. The van der Waals surface area contributed by atoms with Gasteiger partial charge in [0.15, 0.2) is 0 Å². The maximum atomic E-state index is 9.92. The third kappa shape index (κ3) is 4.92. The Morgan fingerprint density at radius 2 is 1.30 bits per heavy atom. The molecular weight excluding hydrogens is 162 g/mol. The molecule has 0 fully saturated rings. The number of carbonyl (C=O) groups is 4. The fraction of sp³-hybridized carbons (Fsp3) is 0. The Morgan fingerprint density at radius 1 is 1.00 bits per heavy atom. The predicted octanol–water partition coefficient (Wildman–Crippen LogP) is -1.55. The van der Waals surface area contributed by atoms with E-state index in [1.165, 1.54) is 5.32 Å². The summed E-state index contributed by atoms with van der Waals surface area (Å²) in [6.07, 6.45) is -0.192. The lowest BCUT2D eigenvalue weighted by molar-refractivity contribution is -0.138. The van der Waals surface area contributed by atoms with Gasteiger partial charge in [0.25, 0.3) is 11.8 Å². The highest BCUT2D eigenvalue weighted by Crippen LogP contribution is 1.56. The van der Waals surface area contributed by atoms with Crippen molar-refractivity contribution < 1.29 is 19.2 Å². The van der Waals surface area contributed by atoms with Gasteiger partial charge in [0.05, 0.1) is 0 Å². The van der Waals surface area contributed by atoms with E-state index in [-0.39, 0.29) is 25.0 Å². The van der Waals surface area contributed by atoms with Crippen LogP contribution in [0.1, 0.15) is 0 Å². The second kappa shape index (κ2) is 5.90. The van der Waals surface area contributed by atoms with E-state index in [0.717, 1.165) is 0 Å². The maximum absolute atomic E-state index is 9.92. The largest absolute Gasteiger partial charge is 0.292 e. The van der Waals surface area contributed by atoms with Gasteiger partial charge in [0, 0.05) is 0 Å². The average Bonchev–Trinajstić information content (AvgIpc) is 1.87. The second-order valence-electron chi connectivity index (χ2n) is 1.09. The number of carbonyl (C=O) groups excluding carboxylic acids is 4. The predicted molar refractivity (Wildman–Crippen MR) is 32.5 cm³/mol. The lowest BCUT2D eigenvalue weighted by Gasteiger charge is -1.86. The van der Waals surface area contributed by atoms with E-state index in [4.69, 9.17) is 0 Å². The smallest absolute Gasteiger partial charge is 0.291 e. The molecule has 0 spiro atoms. The minimum Gasteiger partial charge on any atom is -0.292 e. The highest BCUT2D eigenvalue weighted by atomic mass is 35.5. The number of halogens is 1. The van der Waals surface area contributed by atoms with Gasteiger partial charge in [-0.05, 0) is 0 Å². The van der Waals surface area contributed by atoms with E-state index >= 15 is 0 Å². The van der Waals surface area contributed by atoms with E-state index in [0.29, 0.717) is 0 Å². The highest BCUT2D eigenvalue weighted by Gasteiger charge is 2.02. The van der Waals surface area contributed by atoms with Gasteiger partial charge in [-0.3, -0.25) is 24.5 Å². The Morgan fingerprint density at radius 3 is 1.50 bits per heavy atom. The molecule has 5 nitrogen and oxygen atoms in total. The summed E-state index contributed by atoms with van der Waals surface area (Å²) in [7, 11) is 0. The molecule has 0 aliphatic carbocycles. The number of nitrogens with one attached hydrogen (secondary N) is 1. The van der Waals surface area contributed by atoms with E-state index in [2.05, 4.69) is 0 Å². The first kappa shape index (κ1) is 11.6. The van der Waals surface area contributed by atoms with Crippen molar-refractivity contribution in [3.63, 3.8) is 0 Å². The molecule has 0 heterocycles. The Kier molecular flexibility index (Phi) is 6.81. The molecule has 0 unspecified atom stereocenters. The molecule has 0 bridgehead atoms. The van der Waals surface area contributed by atoms with Crippen molar-refractivity contribution in [2.24, 2.45) is 0 Å². The summed E-state index contributed by atoms with van der Waals surface area (Å²) in [6.45, 7) is 0. The lowest BCUT2D eigenvalue weighted by atomic mass is 10.6. The molecule has 6 heteroatoms. The molecule has 2 amide bonds. The van der Waals surface area contributed by atoms with Crippen LogP contribution in [-0.2, 0) is 19.2 Å². The number of aldehydes is 2. The first-order valence-corrected chi connectivity index (χ1v) is 1.96. The van der Waals surface area contributed by atoms with E-state index in [1.54, 1.807) is 0 Å². The number of hydrogen-bond acceptors (Lipinski definition) is 4. The van der Waals surface area contributed by atoms with Gasteiger partial charge in [0.1, 0.15) is 0 Å². The van der Waals surface area contributed by atoms with Crippen LogP contribution in [-0.4, -0.2) is 24.4 Å². The molecule has 0 saturated carbocycles. The topological polar surface area (TPSA) is 80.3 Å². The summed E-state index contributed by atoms with van der Waals surface area (Å²) in [5, 5.41) is 1.47. The molecule has 0 rings (SSSR count). The molecule has 1 N–H and O–H groups in total. The first-order chi connectivity index (χ1) is 4.20. The van der Waals surface area contributed by atoms with Crippen LogP contribution >= 0.6 is 12.4 Å². The van der Waals surface area contributed by atoms with Crippen LogP contribution < -0.4 is 5.32 Å². The van der Waals surface area contributed by atoms with Crippen LogP contribution in [0.15, 0.2) is 0 Å². The Hall–Kier alpha value is -1.23. The Labute approximate surface area is 62.2 Å². The molecule has 0 radical (unpaired) electrons. The monoisotopic (exact) mass is 165 g/mol. The fourth-order valence-electron chi connectivity index (χ4n) is 0.180. The van der Waals surface area contributed by atoms with Crippen molar-refractivity contribution >= 4 is 36.8 Å². The first-order valence-electron chi connectivity index (χ1n) is 1.96. The van der Waals surface area contributed by atoms with Crippen molar-refractivity contribution in [1.29, 1.82) is 0 Å². The highest BCUT2D eigenvalue weighted by molar-refractivity contribution is 6.36. The van der Waals surface area contributed by atoms with Crippen molar-refractivity contribution in [3.05, 3.63) is 0 Å². The summed E-state index contributed by atoms with van der Waals surface area (Å²) in [6, 6.07) is 0. The molecule has 10 heavy (non-hydrogen) atoms. The minimum atomic E-state index is -1.12. The molecule has 0 aromatic heterocycles. The van der Waals surface area contributed by atoms with Crippen LogP contribution in [0.5, 0.6) is 0 Å². The lowest BCUT2D eigenvalue weighted by Crippen LogP contribution is -2.31. The van der Waals surface area contributed by atoms with Crippen LogP contribution in [0.25, 0.3) is 0 Å².